The van der Waals surface area contributed by atoms with E-state index in [4.69, 9.17) is 5.73 Å². The van der Waals surface area contributed by atoms with Crippen LogP contribution in [0, 0.1) is 11.6 Å². The maximum absolute atomic E-state index is 15.8. The van der Waals surface area contributed by atoms with Crippen molar-refractivity contribution in [2.75, 3.05) is 37.3 Å². The van der Waals surface area contributed by atoms with E-state index in [9.17, 15) is 22.4 Å². The smallest absolute Gasteiger partial charge is 0.355 e. The van der Waals surface area contributed by atoms with Gasteiger partial charge >= 0.3 is 5.69 Å². The first-order valence-electron chi connectivity index (χ1n) is 12.9. The fraction of sp³-hybridized carbons (Fsp3) is 0.214. The number of nitrogens with zero attached hydrogens (tertiary/aromatic N) is 5. The summed E-state index contributed by atoms with van der Waals surface area (Å²) in [4.78, 5) is 37.7. The van der Waals surface area contributed by atoms with E-state index in [1.165, 1.54) is 49.5 Å². The van der Waals surface area contributed by atoms with Crippen molar-refractivity contribution >= 4 is 38.5 Å². The molecule has 1 atom stereocenters. The topological polar surface area (TPSA) is 144 Å². The number of nitrogens with two attached hydrogens (primary N) is 1. The molecule has 2 aromatic heterocycles. The molecule has 11 nitrogen and oxygen atoms in total. The van der Waals surface area contributed by atoms with E-state index < -0.39 is 33.0 Å². The molecule has 0 bridgehead atoms. The fourth-order valence-electron chi connectivity index (χ4n) is 5.09. The van der Waals surface area contributed by atoms with Crippen LogP contribution >= 0.6 is 0 Å². The maximum atomic E-state index is 15.8. The fourth-order valence-corrected chi connectivity index (χ4v) is 6.00. The number of para-hydroxylation sites is 1. The van der Waals surface area contributed by atoms with Crippen LogP contribution in [0.15, 0.2) is 70.9 Å². The summed E-state index contributed by atoms with van der Waals surface area (Å²) in [6, 6.07) is 10.3. The van der Waals surface area contributed by atoms with E-state index in [0.717, 1.165) is 16.7 Å². The highest BCUT2D eigenvalue weighted by atomic mass is 32.2. The molecule has 0 radical (unpaired) electrons. The molecule has 0 unspecified atom stereocenters. The number of nitrogens with one attached hydrogen (secondary N) is 1. The molecule has 218 valence electrons. The molecule has 14 heteroatoms. The number of fused-ring (bicyclic) bond motifs is 1. The minimum absolute atomic E-state index is 0.0674. The SMILES string of the molecule is C=CC(=O)N1CCN(c2nc(=O)n(-c3ccccc3S(=O)(=O)NC)c3nc(-c4c(N)cccc4F)c(F)cc23)[C@@H](C)C1. The van der Waals surface area contributed by atoms with Gasteiger partial charge in [0.15, 0.2) is 11.5 Å². The normalized spacial score (nSPS) is 15.7. The molecule has 0 spiro atoms. The Morgan fingerprint density at radius 3 is 2.52 bits per heavy atom. The van der Waals surface area contributed by atoms with E-state index in [0.29, 0.717) is 0 Å². The standard InChI is InChI=1S/C28H27F2N7O4S/c1-4-23(38)35-12-13-36(16(2)15-35)26-17-14-19(30)25(24-18(29)8-7-9-20(24)31)33-27(17)37(28(39)34-26)21-10-5-6-11-22(21)42(40,41)32-3/h4-11,14,16,32H,1,12-13,15,31H2,2-3H3/t16-/m0/s1. The summed E-state index contributed by atoms with van der Waals surface area (Å²) in [5.41, 5.74) is 3.97. The van der Waals surface area contributed by atoms with Gasteiger partial charge < -0.3 is 15.5 Å². The van der Waals surface area contributed by atoms with Gasteiger partial charge in [0, 0.05) is 31.4 Å². The van der Waals surface area contributed by atoms with Gasteiger partial charge in [-0.05, 0) is 50.4 Å². The van der Waals surface area contributed by atoms with Crippen molar-refractivity contribution in [1.82, 2.24) is 24.2 Å². The van der Waals surface area contributed by atoms with Gasteiger partial charge in [-0.3, -0.25) is 4.79 Å². The number of aromatic nitrogens is 3. The molecular formula is C28H27F2N7O4S. The molecule has 3 heterocycles. The van der Waals surface area contributed by atoms with Crippen molar-refractivity contribution in [2.24, 2.45) is 0 Å². The highest BCUT2D eigenvalue weighted by Crippen LogP contribution is 2.35. The molecule has 1 saturated heterocycles. The summed E-state index contributed by atoms with van der Waals surface area (Å²) >= 11 is 0. The number of amides is 1. The largest absolute Gasteiger partial charge is 0.398 e. The van der Waals surface area contributed by atoms with Gasteiger partial charge in [-0.15, -0.1) is 0 Å². The lowest BCUT2D eigenvalue weighted by molar-refractivity contribution is -0.126. The maximum Gasteiger partial charge on any atom is 0.355 e. The first-order chi connectivity index (χ1) is 20.0. The molecule has 4 aromatic rings. The second-order valence-electron chi connectivity index (χ2n) is 9.65. The number of benzene rings is 2. The number of hydrogen-bond acceptors (Lipinski definition) is 8. The van der Waals surface area contributed by atoms with Crippen LogP contribution in [-0.2, 0) is 14.8 Å². The quantitative estimate of drug-likeness (QED) is 0.256. The van der Waals surface area contributed by atoms with Crippen LogP contribution in [0.25, 0.3) is 28.0 Å². The molecule has 0 aliphatic carbocycles. The average molecular weight is 596 g/mol. The van der Waals surface area contributed by atoms with Crippen LogP contribution in [0.2, 0.25) is 0 Å². The zero-order valence-corrected chi connectivity index (χ0v) is 23.5. The third-order valence-electron chi connectivity index (χ3n) is 7.13. The highest BCUT2D eigenvalue weighted by Gasteiger charge is 2.31. The van der Waals surface area contributed by atoms with E-state index in [1.807, 2.05) is 6.92 Å². The Labute approximate surface area is 240 Å². The van der Waals surface area contributed by atoms with Gasteiger partial charge in [0.25, 0.3) is 0 Å². The Morgan fingerprint density at radius 2 is 1.86 bits per heavy atom. The highest BCUT2D eigenvalue weighted by molar-refractivity contribution is 7.89. The van der Waals surface area contributed by atoms with Crippen molar-refractivity contribution in [3.63, 3.8) is 0 Å². The summed E-state index contributed by atoms with van der Waals surface area (Å²) in [5, 5.41) is 0.0674. The summed E-state index contributed by atoms with van der Waals surface area (Å²) in [6.45, 7) is 6.15. The number of piperazine rings is 1. The molecule has 1 aliphatic heterocycles. The number of sulfonamides is 1. The lowest BCUT2D eigenvalue weighted by Crippen LogP contribution is -2.54. The van der Waals surface area contributed by atoms with E-state index in [2.05, 4.69) is 21.3 Å². The Kier molecular flexibility index (Phi) is 7.51. The van der Waals surface area contributed by atoms with Gasteiger partial charge in [-0.1, -0.05) is 24.8 Å². The summed E-state index contributed by atoms with van der Waals surface area (Å²) < 4.78 is 59.7. The van der Waals surface area contributed by atoms with E-state index in [-0.39, 0.29) is 70.3 Å². The number of nitrogen functional groups attached to an aromatic ring is 1. The predicted molar refractivity (Wildman–Crippen MR) is 155 cm³/mol. The van der Waals surface area contributed by atoms with Crippen LogP contribution < -0.4 is 21.0 Å². The molecule has 0 saturated carbocycles. The monoisotopic (exact) mass is 595 g/mol. The number of halogens is 2. The van der Waals surface area contributed by atoms with Gasteiger partial charge in [0.1, 0.15) is 22.2 Å². The Balaban J connectivity index is 1.84. The van der Waals surface area contributed by atoms with Crippen LogP contribution in [0.4, 0.5) is 20.3 Å². The summed E-state index contributed by atoms with van der Waals surface area (Å²) in [7, 11) is -2.86. The second-order valence-corrected chi connectivity index (χ2v) is 11.5. The summed E-state index contributed by atoms with van der Waals surface area (Å²) in [6.07, 6.45) is 1.21. The zero-order valence-electron chi connectivity index (χ0n) is 22.7. The van der Waals surface area contributed by atoms with Crippen LogP contribution in [0.1, 0.15) is 6.92 Å². The third kappa shape index (κ3) is 4.88. The van der Waals surface area contributed by atoms with Crippen LogP contribution in [0.5, 0.6) is 0 Å². The minimum atomic E-state index is -4.08. The number of hydrogen-bond donors (Lipinski definition) is 2. The molecule has 1 aliphatic rings. The minimum Gasteiger partial charge on any atom is -0.398 e. The van der Waals surface area contributed by atoms with Gasteiger partial charge in [-0.25, -0.2) is 36.3 Å². The van der Waals surface area contributed by atoms with E-state index >= 15 is 4.39 Å². The van der Waals surface area contributed by atoms with Gasteiger partial charge in [-0.2, -0.15) is 4.98 Å². The molecule has 1 fully saturated rings. The number of carbonyl (C=O) groups excluding carboxylic acids is 1. The first-order valence-corrected chi connectivity index (χ1v) is 14.4. The molecule has 2 aromatic carbocycles. The van der Waals surface area contributed by atoms with Crippen LogP contribution in [-0.4, -0.2) is 66.5 Å². The van der Waals surface area contributed by atoms with Crippen LogP contribution in [0.3, 0.4) is 0 Å². The van der Waals surface area contributed by atoms with Crippen molar-refractivity contribution in [3.05, 3.63) is 83.3 Å². The Hall–Kier alpha value is -4.69. The van der Waals surface area contributed by atoms with Crippen molar-refractivity contribution in [1.29, 1.82) is 0 Å². The number of carbonyl (C=O) groups is 1. The summed E-state index contributed by atoms with van der Waals surface area (Å²) in [5.74, 6) is -1.94. The lowest BCUT2D eigenvalue weighted by atomic mass is 10.1. The van der Waals surface area contributed by atoms with E-state index in [1.54, 1.807) is 9.80 Å². The number of anilines is 2. The van der Waals surface area contributed by atoms with Crippen molar-refractivity contribution in [3.8, 4) is 16.9 Å². The molecule has 3 N–H and O–H groups in total. The van der Waals surface area contributed by atoms with Gasteiger partial charge in [0.05, 0.1) is 16.6 Å². The molecule has 42 heavy (non-hydrogen) atoms. The zero-order chi connectivity index (χ0) is 30.3. The molecule has 1 amide bonds. The Morgan fingerprint density at radius 1 is 1.12 bits per heavy atom. The molecular weight excluding hydrogens is 568 g/mol. The Bertz CT molecular complexity index is 1890. The lowest BCUT2D eigenvalue weighted by Gasteiger charge is -2.40. The van der Waals surface area contributed by atoms with Crippen molar-refractivity contribution in [2.45, 2.75) is 17.9 Å². The van der Waals surface area contributed by atoms with Gasteiger partial charge in [0.2, 0.25) is 15.9 Å². The number of pyridine rings is 1. The third-order valence-corrected chi connectivity index (χ3v) is 8.60. The first kappa shape index (κ1) is 28.8. The number of rotatable bonds is 6. The molecule has 5 rings (SSSR count). The average Bonchev–Trinajstić information content (AvgIpc) is 2.97. The predicted octanol–water partition coefficient (Wildman–Crippen LogP) is 2.44. The van der Waals surface area contributed by atoms with Crippen molar-refractivity contribution < 1.29 is 22.0 Å². The second kappa shape index (κ2) is 10.9.